The monoisotopic (exact) mass is 390 g/mol. The van der Waals surface area contributed by atoms with Gasteiger partial charge in [-0.15, -0.1) is 11.8 Å². The highest BCUT2D eigenvalue weighted by Gasteiger charge is 2.31. The molecule has 1 aromatic rings. The van der Waals surface area contributed by atoms with E-state index < -0.39 is 0 Å². The maximum atomic E-state index is 12.9. The summed E-state index contributed by atoms with van der Waals surface area (Å²) in [6.07, 6.45) is 8.21. The van der Waals surface area contributed by atoms with Crippen LogP contribution >= 0.6 is 11.8 Å². The lowest BCUT2D eigenvalue weighted by atomic mass is 9.94. The van der Waals surface area contributed by atoms with E-state index in [0.29, 0.717) is 30.3 Å². The van der Waals surface area contributed by atoms with Gasteiger partial charge in [-0.1, -0.05) is 12.8 Å². The van der Waals surface area contributed by atoms with E-state index in [1.807, 2.05) is 29.4 Å². The van der Waals surface area contributed by atoms with Crippen molar-refractivity contribution in [2.75, 3.05) is 39.5 Å². The van der Waals surface area contributed by atoms with Gasteiger partial charge in [-0.05, 0) is 50.1 Å². The Hall–Kier alpha value is -1.69. The van der Waals surface area contributed by atoms with Gasteiger partial charge in [0.1, 0.15) is 5.75 Å². The molecular formula is C21H30N2O3S. The second kappa shape index (κ2) is 9.49. The van der Waals surface area contributed by atoms with Crippen LogP contribution in [0, 0.1) is 5.92 Å². The van der Waals surface area contributed by atoms with Gasteiger partial charge in [0.15, 0.2) is 0 Å². The van der Waals surface area contributed by atoms with Crippen LogP contribution in [0.2, 0.25) is 0 Å². The van der Waals surface area contributed by atoms with Crippen LogP contribution in [0.5, 0.6) is 5.75 Å². The first-order valence-corrected chi connectivity index (χ1v) is 11.2. The molecule has 5 nitrogen and oxygen atoms in total. The van der Waals surface area contributed by atoms with E-state index in [9.17, 15) is 9.59 Å². The van der Waals surface area contributed by atoms with Crippen molar-refractivity contribution in [3.05, 3.63) is 23.8 Å². The summed E-state index contributed by atoms with van der Waals surface area (Å²) >= 11 is 1.63. The molecule has 148 valence electrons. The van der Waals surface area contributed by atoms with Gasteiger partial charge in [0, 0.05) is 37.0 Å². The summed E-state index contributed by atoms with van der Waals surface area (Å²) in [4.78, 5) is 30.8. The number of amides is 2. The zero-order valence-electron chi connectivity index (χ0n) is 16.4. The average molecular weight is 391 g/mol. The second-order valence-electron chi connectivity index (χ2n) is 7.37. The highest BCUT2D eigenvalue weighted by atomic mass is 32.2. The van der Waals surface area contributed by atoms with Gasteiger partial charge in [-0.25, -0.2) is 0 Å². The Balaban J connectivity index is 1.60. The Morgan fingerprint density at radius 2 is 1.67 bits per heavy atom. The molecule has 0 spiro atoms. The molecule has 2 aliphatic heterocycles. The summed E-state index contributed by atoms with van der Waals surface area (Å²) in [6, 6.07) is 5.71. The van der Waals surface area contributed by atoms with E-state index in [2.05, 4.69) is 4.90 Å². The van der Waals surface area contributed by atoms with Crippen LogP contribution < -0.4 is 4.74 Å². The van der Waals surface area contributed by atoms with Crippen LogP contribution in [-0.2, 0) is 4.79 Å². The van der Waals surface area contributed by atoms with Crippen molar-refractivity contribution in [2.45, 2.75) is 43.4 Å². The summed E-state index contributed by atoms with van der Waals surface area (Å²) in [5.74, 6) is 0.980. The first-order chi connectivity index (χ1) is 13.1. The topological polar surface area (TPSA) is 49.9 Å². The molecule has 27 heavy (non-hydrogen) atoms. The van der Waals surface area contributed by atoms with Crippen LogP contribution in [0.4, 0.5) is 0 Å². The van der Waals surface area contributed by atoms with Crippen LogP contribution in [0.15, 0.2) is 23.1 Å². The summed E-state index contributed by atoms with van der Waals surface area (Å²) < 4.78 is 5.43. The quantitative estimate of drug-likeness (QED) is 0.736. The third kappa shape index (κ3) is 4.78. The normalized spacial score (nSPS) is 18.9. The summed E-state index contributed by atoms with van der Waals surface area (Å²) in [7, 11) is 1.60. The number of piperidine rings is 1. The fraction of sp³-hybridized carbons (Fsp3) is 0.619. The summed E-state index contributed by atoms with van der Waals surface area (Å²) in [5.41, 5.74) is 0.604. The predicted molar refractivity (Wildman–Crippen MR) is 108 cm³/mol. The van der Waals surface area contributed by atoms with Crippen molar-refractivity contribution < 1.29 is 14.3 Å². The van der Waals surface area contributed by atoms with Crippen molar-refractivity contribution >= 4 is 23.6 Å². The smallest absolute Gasteiger partial charge is 0.257 e. The van der Waals surface area contributed by atoms with Gasteiger partial charge in [0.25, 0.3) is 5.91 Å². The van der Waals surface area contributed by atoms with Crippen LogP contribution in [0.1, 0.15) is 48.9 Å². The molecule has 2 fully saturated rings. The van der Waals surface area contributed by atoms with E-state index in [-0.39, 0.29) is 11.8 Å². The zero-order valence-corrected chi connectivity index (χ0v) is 17.2. The molecule has 2 amide bonds. The third-order valence-electron chi connectivity index (χ3n) is 5.69. The predicted octanol–water partition coefficient (Wildman–Crippen LogP) is 3.67. The molecule has 3 rings (SSSR count). The molecule has 0 bridgehead atoms. The van der Waals surface area contributed by atoms with Gasteiger partial charge < -0.3 is 14.5 Å². The number of likely N-dealkylation sites (tertiary alicyclic amines) is 2. The number of carbonyl (C=O) groups is 2. The number of carbonyl (C=O) groups excluding carboxylic acids is 2. The minimum Gasteiger partial charge on any atom is -0.496 e. The summed E-state index contributed by atoms with van der Waals surface area (Å²) in [6.45, 7) is 3.07. The molecule has 2 heterocycles. The molecule has 6 heteroatoms. The van der Waals surface area contributed by atoms with Crippen molar-refractivity contribution in [1.29, 1.82) is 0 Å². The van der Waals surface area contributed by atoms with Crippen molar-refractivity contribution in [2.24, 2.45) is 5.92 Å². The lowest BCUT2D eigenvalue weighted by Crippen LogP contribution is -2.44. The van der Waals surface area contributed by atoms with Gasteiger partial charge >= 0.3 is 0 Å². The molecular weight excluding hydrogens is 360 g/mol. The Kier molecular flexibility index (Phi) is 7.05. The molecule has 2 aliphatic rings. The van der Waals surface area contributed by atoms with Crippen molar-refractivity contribution in [3.8, 4) is 5.75 Å². The van der Waals surface area contributed by atoms with E-state index in [1.165, 1.54) is 12.8 Å². The Morgan fingerprint density at radius 3 is 2.26 bits per heavy atom. The molecule has 1 aromatic carbocycles. The van der Waals surface area contributed by atoms with Gasteiger partial charge in [-0.3, -0.25) is 9.59 Å². The Morgan fingerprint density at radius 1 is 1.00 bits per heavy atom. The van der Waals surface area contributed by atoms with Crippen molar-refractivity contribution in [3.63, 3.8) is 0 Å². The number of benzene rings is 1. The summed E-state index contributed by atoms with van der Waals surface area (Å²) in [5, 5.41) is 0. The molecule has 0 unspecified atom stereocenters. The average Bonchev–Trinajstić information content (AvgIpc) is 3.02. The second-order valence-corrected chi connectivity index (χ2v) is 8.25. The highest BCUT2D eigenvalue weighted by Crippen LogP contribution is 2.28. The zero-order chi connectivity index (χ0) is 19.2. The SMILES string of the molecule is COc1cc(SC)ccc1C(=O)N1CCC(C(=O)N2CCCCCC2)CC1. The van der Waals surface area contributed by atoms with Crippen LogP contribution in [0.25, 0.3) is 0 Å². The molecule has 0 aromatic heterocycles. The first-order valence-electron chi connectivity index (χ1n) is 9.94. The standard InChI is InChI=1S/C21H30N2O3S/c1-26-19-15-17(27-2)7-8-18(19)21(25)23-13-9-16(10-14-23)20(24)22-11-5-3-4-6-12-22/h7-8,15-16H,3-6,9-14H2,1-2H3. The number of nitrogens with zero attached hydrogens (tertiary/aromatic N) is 2. The van der Waals surface area contributed by atoms with E-state index in [0.717, 1.165) is 43.7 Å². The molecule has 0 N–H and O–H groups in total. The highest BCUT2D eigenvalue weighted by molar-refractivity contribution is 7.98. The number of hydrogen-bond donors (Lipinski definition) is 0. The third-order valence-corrected chi connectivity index (χ3v) is 6.41. The lowest BCUT2D eigenvalue weighted by Gasteiger charge is -2.34. The molecule has 0 atom stereocenters. The van der Waals surface area contributed by atoms with Gasteiger partial charge in [-0.2, -0.15) is 0 Å². The fourth-order valence-corrected chi connectivity index (χ4v) is 4.45. The van der Waals surface area contributed by atoms with Crippen LogP contribution in [-0.4, -0.2) is 61.2 Å². The first kappa shape index (κ1) is 20.1. The Labute approximate surface area is 166 Å². The molecule has 0 radical (unpaired) electrons. The van der Waals surface area contributed by atoms with Gasteiger partial charge in [0.2, 0.25) is 5.91 Å². The molecule has 0 aliphatic carbocycles. The number of methoxy groups -OCH3 is 1. The number of rotatable bonds is 4. The van der Waals surface area contributed by atoms with Crippen LogP contribution in [0.3, 0.4) is 0 Å². The maximum Gasteiger partial charge on any atom is 0.257 e. The minimum atomic E-state index is 0.000162. The minimum absolute atomic E-state index is 0.000162. The Bertz CT molecular complexity index is 663. The largest absolute Gasteiger partial charge is 0.496 e. The number of hydrogen-bond acceptors (Lipinski definition) is 4. The lowest BCUT2D eigenvalue weighted by molar-refractivity contribution is -0.136. The van der Waals surface area contributed by atoms with E-state index in [4.69, 9.17) is 4.74 Å². The van der Waals surface area contributed by atoms with E-state index >= 15 is 0 Å². The maximum absolute atomic E-state index is 12.9. The number of thioether (sulfide) groups is 1. The van der Waals surface area contributed by atoms with Crippen molar-refractivity contribution in [1.82, 2.24) is 9.80 Å². The molecule has 2 saturated heterocycles. The fourth-order valence-electron chi connectivity index (χ4n) is 4.02. The van der Waals surface area contributed by atoms with E-state index in [1.54, 1.807) is 18.9 Å². The van der Waals surface area contributed by atoms with Gasteiger partial charge in [0.05, 0.1) is 12.7 Å². The number of ether oxygens (including phenoxy) is 1. The molecule has 0 saturated carbocycles.